The Kier molecular flexibility index (Phi) is 5.72. The Morgan fingerprint density at radius 2 is 1.73 bits per heavy atom. The Bertz CT molecular complexity index is 1190. The van der Waals surface area contributed by atoms with E-state index in [1.165, 1.54) is 12.1 Å². The number of halogens is 2. The molecule has 4 aromatic rings. The number of amides is 1. The number of carbonyl (C=O) groups excluding carboxylic acids is 1. The highest BCUT2D eigenvalue weighted by molar-refractivity contribution is 9.10. The van der Waals surface area contributed by atoms with Gasteiger partial charge in [-0.05, 0) is 53.6 Å². The number of hydrogen-bond donors (Lipinski definition) is 1. The lowest BCUT2D eigenvalue weighted by Crippen LogP contribution is -2.17. The molecule has 2 aromatic heterocycles. The van der Waals surface area contributed by atoms with Gasteiger partial charge in [0.2, 0.25) is 5.91 Å². The smallest absolute Gasteiger partial charge is 0.229 e. The molecule has 0 fully saturated rings. The van der Waals surface area contributed by atoms with Gasteiger partial charge in [0.25, 0.3) is 0 Å². The fourth-order valence-electron chi connectivity index (χ4n) is 3.26. The molecule has 2 aromatic carbocycles. The number of anilines is 1. The number of rotatable bonds is 5. The van der Waals surface area contributed by atoms with Crippen LogP contribution in [-0.4, -0.2) is 20.7 Å². The van der Waals surface area contributed by atoms with E-state index in [-0.39, 0.29) is 18.1 Å². The van der Waals surface area contributed by atoms with E-state index in [1.54, 1.807) is 36.3 Å². The van der Waals surface area contributed by atoms with Crippen molar-refractivity contribution in [3.63, 3.8) is 0 Å². The van der Waals surface area contributed by atoms with Gasteiger partial charge in [-0.15, -0.1) is 0 Å². The minimum absolute atomic E-state index is 0.161. The van der Waals surface area contributed by atoms with Crippen LogP contribution in [0.3, 0.4) is 0 Å². The van der Waals surface area contributed by atoms with E-state index >= 15 is 0 Å². The van der Waals surface area contributed by atoms with E-state index in [0.717, 1.165) is 26.7 Å². The van der Waals surface area contributed by atoms with Gasteiger partial charge in [-0.2, -0.15) is 5.10 Å². The molecule has 0 saturated heterocycles. The topological polar surface area (TPSA) is 59.8 Å². The SMILES string of the molecule is Cn1nc(-c2ccc(F)cc2)c(-c2ccncc2)c1NC(=O)Cc1ccccc1Br. The molecular weight excluding hydrogens is 447 g/mol. The van der Waals surface area contributed by atoms with Crippen LogP contribution in [0.4, 0.5) is 10.2 Å². The summed E-state index contributed by atoms with van der Waals surface area (Å²) < 4.78 is 15.9. The summed E-state index contributed by atoms with van der Waals surface area (Å²) in [6.45, 7) is 0. The Balaban J connectivity index is 1.75. The maximum absolute atomic E-state index is 13.4. The van der Waals surface area contributed by atoms with Gasteiger partial charge in [-0.1, -0.05) is 34.1 Å². The lowest BCUT2D eigenvalue weighted by molar-refractivity contribution is -0.115. The van der Waals surface area contributed by atoms with Crippen molar-refractivity contribution >= 4 is 27.7 Å². The third-order valence-corrected chi connectivity index (χ3v) is 5.47. The standard InChI is InChI=1S/C23H18BrFN4O/c1-29-23(27-20(30)14-17-4-2-3-5-19(17)24)21(15-10-12-26-13-11-15)22(28-29)16-6-8-18(25)9-7-16/h2-13H,14H2,1H3,(H,27,30). The van der Waals surface area contributed by atoms with Crippen molar-refractivity contribution in [1.29, 1.82) is 0 Å². The summed E-state index contributed by atoms with van der Waals surface area (Å²) in [5.74, 6) is 0.0885. The van der Waals surface area contributed by atoms with Crippen LogP contribution in [0.1, 0.15) is 5.56 Å². The van der Waals surface area contributed by atoms with E-state index < -0.39 is 0 Å². The maximum Gasteiger partial charge on any atom is 0.229 e. The van der Waals surface area contributed by atoms with E-state index in [9.17, 15) is 9.18 Å². The second-order valence-electron chi connectivity index (χ2n) is 6.75. The van der Waals surface area contributed by atoms with Crippen molar-refractivity contribution in [3.8, 4) is 22.4 Å². The Morgan fingerprint density at radius 1 is 1.03 bits per heavy atom. The molecule has 4 rings (SSSR count). The number of nitrogens with zero attached hydrogens (tertiary/aromatic N) is 3. The van der Waals surface area contributed by atoms with Gasteiger partial charge in [0.05, 0.1) is 12.0 Å². The van der Waals surface area contributed by atoms with Gasteiger partial charge in [0, 0.05) is 29.5 Å². The highest BCUT2D eigenvalue weighted by Gasteiger charge is 2.21. The van der Waals surface area contributed by atoms with Crippen LogP contribution in [0.25, 0.3) is 22.4 Å². The van der Waals surface area contributed by atoms with Crippen molar-refractivity contribution in [1.82, 2.24) is 14.8 Å². The minimum Gasteiger partial charge on any atom is -0.310 e. The van der Waals surface area contributed by atoms with Crippen LogP contribution in [0, 0.1) is 5.82 Å². The average molecular weight is 465 g/mol. The quantitative estimate of drug-likeness (QED) is 0.439. The number of aromatic nitrogens is 3. The van der Waals surface area contributed by atoms with Crippen molar-refractivity contribution in [2.24, 2.45) is 7.05 Å². The molecule has 0 saturated carbocycles. The Labute approximate surface area is 181 Å². The zero-order valence-electron chi connectivity index (χ0n) is 16.1. The molecule has 0 atom stereocenters. The minimum atomic E-state index is -0.317. The molecule has 0 aliphatic heterocycles. The second-order valence-corrected chi connectivity index (χ2v) is 7.61. The third-order valence-electron chi connectivity index (χ3n) is 4.70. The monoisotopic (exact) mass is 464 g/mol. The van der Waals surface area contributed by atoms with Crippen molar-refractivity contribution in [3.05, 3.63) is 88.9 Å². The molecule has 0 radical (unpaired) electrons. The predicted octanol–water partition coefficient (Wildman–Crippen LogP) is 5.23. The molecular formula is C23H18BrFN4O. The van der Waals surface area contributed by atoms with E-state index in [1.807, 2.05) is 36.4 Å². The number of pyridine rings is 1. The highest BCUT2D eigenvalue weighted by Crippen LogP contribution is 2.37. The lowest BCUT2D eigenvalue weighted by atomic mass is 10.0. The van der Waals surface area contributed by atoms with Gasteiger partial charge < -0.3 is 5.32 Å². The van der Waals surface area contributed by atoms with E-state index in [0.29, 0.717) is 11.5 Å². The molecule has 0 aliphatic carbocycles. The van der Waals surface area contributed by atoms with Crippen LogP contribution in [0.5, 0.6) is 0 Å². The van der Waals surface area contributed by atoms with Gasteiger partial charge in [0.15, 0.2) is 0 Å². The first kappa shape index (κ1) is 20.0. The third kappa shape index (κ3) is 4.16. The van der Waals surface area contributed by atoms with Crippen LogP contribution in [0.2, 0.25) is 0 Å². The number of hydrogen-bond acceptors (Lipinski definition) is 3. The highest BCUT2D eigenvalue weighted by atomic mass is 79.9. The molecule has 30 heavy (non-hydrogen) atoms. The molecule has 5 nitrogen and oxygen atoms in total. The maximum atomic E-state index is 13.4. The van der Waals surface area contributed by atoms with Gasteiger partial charge >= 0.3 is 0 Å². The fraction of sp³-hybridized carbons (Fsp3) is 0.0870. The van der Waals surface area contributed by atoms with Crippen molar-refractivity contribution in [2.45, 2.75) is 6.42 Å². The first-order valence-electron chi connectivity index (χ1n) is 9.29. The Morgan fingerprint density at radius 3 is 2.43 bits per heavy atom. The van der Waals surface area contributed by atoms with Crippen molar-refractivity contribution in [2.75, 3.05) is 5.32 Å². The van der Waals surface area contributed by atoms with Crippen molar-refractivity contribution < 1.29 is 9.18 Å². The molecule has 0 unspecified atom stereocenters. The second kappa shape index (κ2) is 8.59. The number of carbonyl (C=O) groups is 1. The predicted molar refractivity (Wildman–Crippen MR) is 118 cm³/mol. The number of nitrogens with one attached hydrogen (secondary N) is 1. The largest absolute Gasteiger partial charge is 0.310 e. The summed E-state index contributed by atoms with van der Waals surface area (Å²) in [6.07, 6.45) is 3.58. The Hall–Kier alpha value is -3.32. The summed E-state index contributed by atoms with van der Waals surface area (Å²) >= 11 is 3.48. The summed E-state index contributed by atoms with van der Waals surface area (Å²) in [5.41, 5.74) is 3.91. The molecule has 0 bridgehead atoms. The van der Waals surface area contributed by atoms with E-state index in [2.05, 4.69) is 31.3 Å². The van der Waals surface area contributed by atoms with Crippen LogP contribution >= 0.6 is 15.9 Å². The lowest BCUT2D eigenvalue weighted by Gasteiger charge is -2.10. The molecule has 2 heterocycles. The average Bonchev–Trinajstić information content (AvgIpc) is 3.07. The van der Waals surface area contributed by atoms with E-state index in [4.69, 9.17) is 0 Å². The first-order valence-corrected chi connectivity index (χ1v) is 10.1. The van der Waals surface area contributed by atoms with Crippen LogP contribution in [-0.2, 0) is 18.3 Å². The summed E-state index contributed by atoms with van der Waals surface area (Å²) in [6, 6.07) is 17.5. The van der Waals surface area contributed by atoms with Gasteiger partial charge in [-0.25, -0.2) is 4.39 Å². The molecule has 0 spiro atoms. The summed E-state index contributed by atoms with van der Waals surface area (Å²) in [7, 11) is 1.77. The van der Waals surface area contributed by atoms with Gasteiger partial charge in [0.1, 0.15) is 17.3 Å². The molecule has 1 N–H and O–H groups in total. The zero-order valence-corrected chi connectivity index (χ0v) is 17.7. The normalized spacial score (nSPS) is 10.8. The molecule has 7 heteroatoms. The molecule has 150 valence electrons. The number of benzene rings is 2. The zero-order chi connectivity index (χ0) is 21.1. The fourth-order valence-corrected chi connectivity index (χ4v) is 3.69. The van der Waals surface area contributed by atoms with Crippen LogP contribution < -0.4 is 5.32 Å². The first-order chi connectivity index (χ1) is 14.5. The number of aryl methyl sites for hydroxylation is 1. The molecule has 1 amide bonds. The van der Waals surface area contributed by atoms with Crippen LogP contribution in [0.15, 0.2) is 77.5 Å². The summed E-state index contributed by atoms with van der Waals surface area (Å²) in [5, 5.41) is 7.62. The van der Waals surface area contributed by atoms with Gasteiger partial charge in [-0.3, -0.25) is 14.5 Å². The summed E-state index contributed by atoms with van der Waals surface area (Å²) in [4.78, 5) is 16.9. The molecule has 0 aliphatic rings.